The van der Waals surface area contributed by atoms with E-state index >= 15 is 0 Å². The van der Waals surface area contributed by atoms with Crippen molar-refractivity contribution < 1.29 is 9.90 Å². The van der Waals surface area contributed by atoms with Crippen molar-refractivity contribution in [1.82, 2.24) is 5.32 Å². The molecule has 0 spiro atoms. The zero-order chi connectivity index (χ0) is 13.9. The monoisotopic (exact) mass is 277 g/mol. The first kappa shape index (κ1) is 14.1. The van der Waals surface area contributed by atoms with Crippen LogP contribution in [0, 0.1) is 23.2 Å². The third-order valence-corrected chi connectivity index (χ3v) is 4.80. The number of carbonyl (C=O) groups excluding carboxylic acids is 1. The molecule has 1 aromatic rings. The average molecular weight is 277 g/mol. The van der Waals surface area contributed by atoms with Crippen LogP contribution in [0.25, 0.3) is 0 Å². The van der Waals surface area contributed by atoms with Gasteiger partial charge in [0.05, 0.1) is 0 Å². The number of hydrogen-bond donors (Lipinski definition) is 2. The number of carbonyl (C=O) groups is 1. The fourth-order valence-corrected chi connectivity index (χ4v) is 2.94. The Morgan fingerprint density at radius 2 is 2.32 bits per heavy atom. The van der Waals surface area contributed by atoms with Crippen LogP contribution in [-0.2, 0) is 0 Å². The molecule has 1 amide bonds. The highest BCUT2D eigenvalue weighted by Crippen LogP contribution is 2.51. The van der Waals surface area contributed by atoms with E-state index in [4.69, 9.17) is 5.11 Å². The lowest BCUT2D eigenvalue weighted by Crippen LogP contribution is -2.32. The minimum atomic E-state index is -0.187. The Kier molecular flexibility index (Phi) is 4.28. The van der Waals surface area contributed by atoms with Crippen LogP contribution < -0.4 is 5.32 Å². The molecule has 0 aliphatic heterocycles. The number of amides is 1. The van der Waals surface area contributed by atoms with Gasteiger partial charge in [-0.1, -0.05) is 25.7 Å². The topological polar surface area (TPSA) is 49.3 Å². The van der Waals surface area contributed by atoms with Gasteiger partial charge >= 0.3 is 0 Å². The summed E-state index contributed by atoms with van der Waals surface area (Å²) < 4.78 is 0. The van der Waals surface area contributed by atoms with Crippen LogP contribution in [0.1, 0.15) is 41.9 Å². The zero-order valence-electron chi connectivity index (χ0n) is 11.3. The summed E-state index contributed by atoms with van der Waals surface area (Å²) in [6.07, 6.45) is 2.40. The first-order chi connectivity index (χ1) is 9.09. The van der Waals surface area contributed by atoms with Gasteiger partial charge in [-0.05, 0) is 35.6 Å². The van der Waals surface area contributed by atoms with Gasteiger partial charge in [0.1, 0.15) is 11.5 Å². The van der Waals surface area contributed by atoms with Gasteiger partial charge in [0.25, 0.3) is 5.91 Å². The molecule has 1 aliphatic carbocycles. The van der Waals surface area contributed by atoms with Gasteiger partial charge in [-0.2, -0.15) is 0 Å². The molecule has 19 heavy (non-hydrogen) atoms. The van der Waals surface area contributed by atoms with Gasteiger partial charge in [-0.3, -0.25) is 4.79 Å². The standard InChI is InChI=1S/C15H19NO2S/c1-11(2)15(6-7-15)10-16-14(18)13-12(4-3-8-17)5-9-19-13/h5,9,11,17H,6-8,10H2,1-2H3,(H,16,18). The number of aliphatic hydroxyl groups is 1. The van der Waals surface area contributed by atoms with Crippen LogP contribution in [0.15, 0.2) is 11.4 Å². The molecule has 0 bridgehead atoms. The fourth-order valence-electron chi connectivity index (χ4n) is 2.17. The molecule has 1 saturated carbocycles. The molecule has 0 saturated heterocycles. The fraction of sp³-hybridized carbons (Fsp3) is 0.533. The second kappa shape index (κ2) is 5.77. The maximum Gasteiger partial charge on any atom is 0.262 e. The Morgan fingerprint density at radius 3 is 2.89 bits per heavy atom. The molecule has 102 valence electrons. The second-order valence-electron chi connectivity index (χ2n) is 5.32. The number of hydrogen-bond acceptors (Lipinski definition) is 3. The largest absolute Gasteiger partial charge is 0.384 e. The summed E-state index contributed by atoms with van der Waals surface area (Å²) in [5.41, 5.74) is 1.01. The van der Waals surface area contributed by atoms with Gasteiger partial charge in [0, 0.05) is 12.1 Å². The summed E-state index contributed by atoms with van der Waals surface area (Å²) in [6.45, 7) is 4.98. The quantitative estimate of drug-likeness (QED) is 0.829. The summed E-state index contributed by atoms with van der Waals surface area (Å²) in [7, 11) is 0. The first-order valence-electron chi connectivity index (χ1n) is 6.54. The summed E-state index contributed by atoms with van der Waals surface area (Å²) in [5.74, 6) is 5.94. The van der Waals surface area contributed by atoms with Gasteiger partial charge < -0.3 is 10.4 Å². The number of aliphatic hydroxyl groups excluding tert-OH is 1. The van der Waals surface area contributed by atoms with Gasteiger partial charge in [-0.25, -0.2) is 0 Å². The van der Waals surface area contributed by atoms with E-state index in [0.29, 0.717) is 21.8 Å². The van der Waals surface area contributed by atoms with Crippen LogP contribution >= 0.6 is 11.3 Å². The van der Waals surface area contributed by atoms with Crippen LogP contribution in [0.3, 0.4) is 0 Å². The molecule has 0 aromatic carbocycles. The Balaban J connectivity index is 1.99. The maximum atomic E-state index is 12.2. The lowest BCUT2D eigenvalue weighted by Gasteiger charge is -2.19. The molecular formula is C15H19NO2S. The summed E-state index contributed by atoms with van der Waals surface area (Å²) in [5, 5.41) is 13.6. The Bertz CT molecular complexity index is 518. The van der Waals surface area contributed by atoms with Crippen molar-refractivity contribution in [2.45, 2.75) is 26.7 Å². The minimum absolute atomic E-state index is 0.0517. The second-order valence-corrected chi connectivity index (χ2v) is 6.24. The van der Waals surface area contributed by atoms with E-state index in [-0.39, 0.29) is 12.5 Å². The predicted octanol–water partition coefficient (Wildman–Crippen LogP) is 2.26. The summed E-state index contributed by atoms with van der Waals surface area (Å²) >= 11 is 1.39. The van der Waals surface area contributed by atoms with Gasteiger partial charge in [-0.15, -0.1) is 11.3 Å². The molecule has 0 radical (unpaired) electrons. The van der Waals surface area contributed by atoms with E-state index in [1.54, 1.807) is 0 Å². The molecule has 1 aromatic heterocycles. The molecule has 1 aliphatic rings. The SMILES string of the molecule is CC(C)C1(CNC(=O)c2sccc2C#CCO)CC1. The Hall–Kier alpha value is -1.31. The Morgan fingerprint density at radius 1 is 1.58 bits per heavy atom. The molecule has 2 N–H and O–H groups in total. The molecule has 0 unspecified atom stereocenters. The summed E-state index contributed by atoms with van der Waals surface area (Å²) in [6, 6.07) is 1.82. The molecule has 3 nitrogen and oxygen atoms in total. The molecule has 4 heteroatoms. The predicted molar refractivity (Wildman–Crippen MR) is 77.1 cm³/mol. The van der Waals surface area contributed by atoms with Crippen LogP contribution in [-0.4, -0.2) is 24.2 Å². The zero-order valence-corrected chi connectivity index (χ0v) is 12.1. The molecular weight excluding hydrogens is 258 g/mol. The molecule has 2 rings (SSSR count). The first-order valence-corrected chi connectivity index (χ1v) is 7.42. The number of rotatable bonds is 4. The van der Waals surface area contributed by atoms with Gasteiger partial charge in [0.15, 0.2) is 0 Å². The minimum Gasteiger partial charge on any atom is -0.384 e. The number of thiophene rings is 1. The smallest absolute Gasteiger partial charge is 0.262 e. The van der Waals surface area contributed by atoms with E-state index in [9.17, 15) is 4.79 Å². The third kappa shape index (κ3) is 3.17. The Labute approximate surface area is 118 Å². The van der Waals surface area contributed by atoms with Crippen molar-refractivity contribution in [3.63, 3.8) is 0 Å². The third-order valence-electron chi connectivity index (χ3n) is 3.89. The summed E-state index contributed by atoms with van der Waals surface area (Å²) in [4.78, 5) is 12.8. The highest BCUT2D eigenvalue weighted by molar-refractivity contribution is 7.12. The van der Waals surface area contributed by atoms with E-state index in [1.165, 1.54) is 24.2 Å². The van der Waals surface area contributed by atoms with Crippen molar-refractivity contribution in [2.75, 3.05) is 13.2 Å². The average Bonchev–Trinajstić information content (AvgIpc) is 3.05. The molecule has 1 heterocycles. The van der Waals surface area contributed by atoms with Crippen LogP contribution in [0.5, 0.6) is 0 Å². The molecule has 0 atom stereocenters. The van der Waals surface area contributed by atoms with Crippen molar-refractivity contribution in [3.05, 3.63) is 21.9 Å². The van der Waals surface area contributed by atoms with Crippen molar-refractivity contribution in [3.8, 4) is 11.8 Å². The maximum absolute atomic E-state index is 12.2. The lowest BCUT2D eigenvalue weighted by molar-refractivity contribution is 0.0943. The van der Waals surface area contributed by atoms with E-state index < -0.39 is 0 Å². The normalized spacial score (nSPS) is 15.8. The highest BCUT2D eigenvalue weighted by atomic mass is 32.1. The van der Waals surface area contributed by atoms with E-state index in [0.717, 1.165) is 6.54 Å². The lowest BCUT2D eigenvalue weighted by atomic mass is 9.92. The van der Waals surface area contributed by atoms with Crippen LogP contribution in [0.2, 0.25) is 0 Å². The van der Waals surface area contributed by atoms with E-state index in [2.05, 4.69) is 31.0 Å². The van der Waals surface area contributed by atoms with Gasteiger partial charge in [0.2, 0.25) is 0 Å². The highest BCUT2D eigenvalue weighted by Gasteiger charge is 2.45. The number of nitrogens with one attached hydrogen (secondary N) is 1. The molecule has 1 fully saturated rings. The van der Waals surface area contributed by atoms with Crippen molar-refractivity contribution in [1.29, 1.82) is 0 Å². The van der Waals surface area contributed by atoms with E-state index in [1.807, 2.05) is 11.4 Å². The van der Waals surface area contributed by atoms with Crippen molar-refractivity contribution >= 4 is 17.2 Å². The van der Waals surface area contributed by atoms with Crippen molar-refractivity contribution in [2.24, 2.45) is 11.3 Å². The van der Waals surface area contributed by atoms with Crippen LogP contribution in [0.4, 0.5) is 0 Å².